The summed E-state index contributed by atoms with van der Waals surface area (Å²) in [4.78, 5) is 0. The van der Waals surface area contributed by atoms with Crippen LogP contribution in [0.1, 0.15) is 23.6 Å². The van der Waals surface area contributed by atoms with Crippen LogP contribution in [0.2, 0.25) is 0 Å². The van der Waals surface area contributed by atoms with Crippen LogP contribution in [0.4, 0.5) is 13.2 Å². The zero-order valence-corrected chi connectivity index (χ0v) is 8.33. The van der Waals surface area contributed by atoms with Gasteiger partial charge in [0.25, 0.3) is 0 Å². The van der Waals surface area contributed by atoms with E-state index in [4.69, 9.17) is 10.8 Å². The normalized spacial score (nSPS) is 13.8. The van der Waals surface area contributed by atoms with Crippen molar-refractivity contribution < 1.29 is 23.4 Å². The van der Waals surface area contributed by atoms with E-state index in [0.717, 1.165) is 18.2 Å². The van der Waals surface area contributed by atoms with Crippen LogP contribution < -0.4 is 5.73 Å². The van der Waals surface area contributed by atoms with Gasteiger partial charge in [0.1, 0.15) is 5.75 Å². The maximum Gasteiger partial charge on any atom is 0.416 e. The van der Waals surface area contributed by atoms with Crippen LogP contribution in [0.15, 0.2) is 18.2 Å². The maximum atomic E-state index is 12.4. The largest absolute Gasteiger partial charge is 0.508 e. The number of alkyl halides is 3. The topological polar surface area (TPSA) is 66.5 Å². The van der Waals surface area contributed by atoms with Crippen molar-refractivity contribution in [2.45, 2.75) is 18.6 Å². The summed E-state index contributed by atoms with van der Waals surface area (Å²) in [6.45, 7) is -0.253. The molecule has 0 aliphatic heterocycles. The lowest BCUT2D eigenvalue weighted by atomic mass is 10.0. The van der Waals surface area contributed by atoms with Crippen molar-refractivity contribution in [3.8, 4) is 5.75 Å². The molecular weight excluding hydrogens is 223 g/mol. The van der Waals surface area contributed by atoms with Gasteiger partial charge in [-0.2, -0.15) is 13.2 Å². The predicted molar refractivity (Wildman–Crippen MR) is 51.7 cm³/mol. The second-order valence-corrected chi connectivity index (χ2v) is 3.39. The monoisotopic (exact) mass is 235 g/mol. The van der Waals surface area contributed by atoms with E-state index in [1.807, 2.05) is 0 Å². The van der Waals surface area contributed by atoms with Crippen molar-refractivity contribution in [1.82, 2.24) is 0 Å². The van der Waals surface area contributed by atoms with Gasteiger partial charge < -0.3 is 15.9 Å². The molecule has 1 rings (SSSR count). The summed E-state index contributed by atoms with van der Waals surface area (Å²) in [5.74, 6) is -0.297. The van der Waals surface area contributed by atoms with Crippen molar-refractivity contribution in [1.29, 1.82) is 0 Å². The Kier molecular flexibility index (Phi) is 3.77. The van der Waals surface area contributed by atoms with Crippen molar-refractivity contribution in [2.24, 2.45) is 5.73 Å². The third-order valence-electron chi connectivity index (χ3n) is 2.19. The summed E-state index contributed by atoms with van der Waals surface area (Å²) < 4.78 is 37.1. The fraction of sp³-hybridized carbons (Fsp3) is 0.400. The second-order valence-electron chi connectivity index (χ2n) is 3.39. The molecule has 0 heterocycles. The fourth-order valence-electron chi connectivity index (χ4n) is 1.32. The highest BCUT2D eigenvalue weighted by Gasteiger charge is 2.31. The Morgan fingerprint density at radius 3 is 2.44 bits per heavy atom. The van der Waals surface area contributed by atoms with Gasteiger partial charge in [0.05, 0.1) is 5.56 Å². The minimum Gasteiger partial charge on any atom is -0.508 e. The number of phenols is 1. The molecule has 0 aliphatic carbocycles. The van der Waals surface area contributed by atoms with Gasteiger partial charge in [0, 0.05) is 18.2 Å². The Labute approximate surface area is 90.3 Å². The molecule has 0 fully saturated rings. The van der Waals surface area contributed by atoms with Crippen LogP contribution >= 0.6 is 0 Å². The van der Waals surface area contributed by atoms with Crippen LogP contribution in [0.5, 0.6) is 5.75 Å². The molecule has 1 atom stereocenters. The minimum atomic E-state index is -4.47. The van der Waals surface area contributed by atoms with Gasteiger partial charge >= 0.3 is 6.18 Å². The number of aromatic hydroxyl groups is 1. The quantitative estimate of drug-likeness (QED) is 0.748. The van der Waals surface area contributed by atoms with Crippen LogP contribution in [0, 0.1) is 0 Å². The predicted octanol–water partition coefficient (Wildman–Crippen LogP) is 1.79. The first-order valence-corrected chi connectivity index (χ1v) is 4.63. The number of hydrogen-bond acceptors (Lipinski definition) is 3. The lowest BCUT2D eigenvalue weighted by Gasteiger charge is -2.15. The Bertz CT molecular complexity index is 366. The van der Waals surface area contributed by atoms with E-state index in [0.29, 0.717) is 0 Å². The van der Waals surface area contributed by atoms with Gasteiger partial charge in [-0.1, -0.05) is 0 Å². The molecule has 6 heteroatoms. The van der Waals surface area contributed by atoms with Crippen LogP contribution in [-0.4, -0.2) is 16.8 Å². The Hall–Kier alpha value is -1.27. The molecule has 0 aliphatic rings. The summed E-state index contributed by atoms with van der Waals surface area (Å²) in [6, 6.07) is 1.72. The SMILES string of the molecule is N[C@@H](CCO)c1cc(C(F)(F)F)ccc1O. The average molecular weight is 235 g/mol. The van der Waals surface area contributed by atoms with E-state index in [1.54, 1.807) is 0 Å². The Balaban J connectivity index is 3.09. The minimum absolute atomic E-state index is 0.0103. The summed E-state index contributed by atoms with van der Waals surface area (Å²) in [6.07, 6.45) is -4.38. The number of halogens is 3. The zero-order chi connectivity index (χ0) is 12.3. The van der Waals surface area contributed by atoms with Crippen molar-refractivity contribution in [3.05, 3.63) is 29.3 Å². The van der Waals surface area contributed by atoms with Gasteiger partial charge in [0.15, 0.2) is 0 Å². The Morgan fingerprint density at radius 1 is 1.31 bits per heavy atom. The fourth-order valence-corrected chi connectivity index (χ4v) is 1.32. The molecule has 0 saturated heterocycles. The molecule has 4 N–H and O–H groups in total. The number of phenolic OH excluding ortho intramolecular Hbond substituents is 1. The molecule has 0 spiro atoms. The van der Waals surface area contributed by atoms with Gasteiger partial charge in [-0.15, -0.1) is 0 Å². The number of aliphatic hydroxyl groups excluding tert-OH is 1. The Morgan fingerprint density at radius 2 is 1.94 bits per heavy atom. The van der Waals surface area contributed by atoms with Crippen LogP contribution in [0.3, 0.4) is 0 Å². The first kappa shape index (κ1) is 12.8. The van der Waals surface area contributed by atoms with E-state index in [-0.39, 0.29) is 24.3 Å². The smallest absolute Gasteiger partial charge is 0.416 e. The number of aliphatic hydroxyl groups is 1. The highest BCUT2D eigenvalue weighted by Crippen LogP contribution is 2.34. The molecule has 90 valence electrons. The molecule has 0 saturated carbocycles. The second kappa shape index (κ2) is 4.71. The molecule has 0 amide bonds. The van der Waals surface area contributed by atoms with E-state index in [2.05, 4.69) is 0 Å². The number of hydrogen-bond donors (Lipinski definition) is 3. The third-order valence-corrected chi connectivity index (χ3v) is 2.19. The summed E-state index contributed by atoms with van der Waals surface area (Å²) in [5, 5.41) is 18.0. The zero-order valence-electron chi connectivity index (χ0n) is 8.33. The summed E-state index contributed by atoms with van der Waals surface area (Å²) >= 11 is 0. The highest BCUT2D eigenvalue weighted by molar-refractivity contribution is 5.39. The summed E-state index contributed by atoms with van der Waals surface area (Å²) in [5.41, 5.74) is 4.65. The van der Waals surface area contributed by atoms with E-state index < -0.39 is 17.8 Å². The highest BCUT2D eigenvalue weighted by atomic mass is 19.4. The van der Waals surface area contributed by atoms with Crippen LogP contribution in [0.25, 0.3) is 0 Å². The van der Waals surface area contributed by atoms with Crippen LogP contribution in [-0.2, 0) is 6.18 Å². The molecule has 0 unspecified atom stereocenters. The lowest BCUT2D eigenvalue weighted by molar-refractivity contribution is -0.137. The molecule has 16 heavy (non-hydrogen) atoms. The maximum absolute atomic E-state index is 12.4. The lowest BCUT2D eigenvalue weighted by Crippen LogP contribution is -2.14. The first-order chi connectivity index (χ1) is 7.36. The van der Waals surface area contributed by atoms with E-state index in [9.17, 15) is 18.3 Å². The van der Waals surface area contributed by atoms with Crippen molar-refractivity contribution in [3.63, 3.8) is 0 Å². The standard InChI is InChI=1S/C10H12F3NO2/c11-10(12,13)6-1-2-9(16)7(5-6)8(14)3-4-15/h1-2,5,8,15-16H,3-4,14H2/t8-/m0/s1. The molecule has 1 aromatic rings. The first-order valence-electron chi connectivity index (χ1n) is 4.63. The van der Waals surface area contributed by atoms with E-state index >= 15 is 0 Å². The average Bonchev–Trinajstić information content (AvgIpc) is 2.16. The van der Waals surface area contributed by atoms with Gasteiger partial charge in [-0.25, -0.2) is 0 Å². The van der Waals surface area contributed by atoms with E-state index in [1.165, 1.54) is 0 Å². The molecule has 0 radical (unpaired) electrons. The number of nitrogens with two attached hydrogens (primary N) is 1. The molecule has 0 bridgehead atoms. The summed E-state index contributed by atoms with van der Waals surface area (Å²) in [7, 11) is 0. The molecular formula is C10H12F3NO2. The molecule has 1 aromatic carbocycles. The van der Waals surface area contributed by atoms with Crippen molar-refractivity contribution in [2.75, 3.05) is 6.61 Å². The third kappa shape index (κ3) is 2.86. The van der Waals surface area contributed by atoms with Gasteiger partial charge in [-0.3, -0.25) is 0 Å². The number of rotatable bonds is 3. The van der Waals surface area contributed by atoms with Crippen molar-refractivity contribution >= 4 is 0 Å². The molecule has 0 aromatic heterocycles. The van der Waals surface area contributed by atoms with Gasteiger partial charge in [0.2, 0.25) is 0 Å². The number of benzene rings is 1. The van der Waals surface area contributed by atoms with Gasteiger partial charge in [-0.05, 0) is 24.6 Å². The molecule has 3 nitrogen and oxygen atoms in total.